The second-order valence-corrected chi connectivity index (χ2v) is 5.00. The monoisotopic (exact) mass is 282 g/mol. The molecule has 0 aliphatic carbocycles. The van der Waals surface area contributed by atoms with E-state index in [4.69, 9.17) is 0 Å². The van der Waals surface area contributed by atoms with Crippen LogP contribution in [0.3, 0.4) is 0 Å². The Bertz CT molecular complexity index is 344. The van der Waals surface area contributed by atoms with Crippen LogP contribution < -0.4 is 0 Å². The molecule has 0 spiro atoms. The fourth-order valence-corrected chi connectivity index (χ4v) is 1.51. The van der Waals surface area contributed by atoms with Crippen molar-refractivity contribution in [3.63, 3.8) is 0 Å². The van der Waals surface area contributed by atoms with Gasteiger partial charge in [-0.15, -0.1) is 0 Å². The Hall–Kier alpha value is 0.690. The van der Waals surface area contributed by atoms with E-state index >= 15 is 0 Å². The van der Waals surface area contributed by atoms with Gasteiger partial charge in [0.15, 0.2) is 0 Å². The van der Waals surface area contributed by atoms with E-state index in [0.29, 0.717) is 17.6 Å². The molecule has 0 aliphatic rings. The molecule has 4 heteroatoms. The number of ketones is 1. The minimum atomic E-state index is 0. The summed E-state index contributed by atoms with van der Waals surface area (Å²) in [5.74, 6) is 1.42. The molecule has 0 fully saturated rings. The van der Waals surface area contributed by atoms with Gasteiger partial charge >= 0.3 is 0 Å². The SMILES string of the molecule is CC(C)=O.CC(C)c1cccc(C(C)C)c1O.[Na].[Na]. The third-order valence-corrected chi connectivity index (χ3v) is 2.34. The van der Waals surface area contributed by atoms with Crippen LogP contribution in [0.1, 0.15) is 64.5 Å². The summed E-state index contributed by atoms with van der Waals surface area (Å²) < 4.78 is 0. The minimum Gasteiger partial charge on any atom is -0.507 e. The summed E-state index contributed by atoms with van der Waals surface area (Å²) in [6.07, 6.45) is 0. The van der Waals surface area contributed by atoms with Crippen LogP contribution in [0.15, 0.2) is 18.2 Å². The van der Waals surface area contributed by atoms with E-state index < -0.39 is 0 Å². The van der Waals surface area contributed by atoms with Gasteiger partial charge in [0, 0.05) is 59.1 Å². The van der Waals surface area contributed by atoms with Crippen LogP contribution in [0.25, 0.3) is 0 Å². The van der Waals surface area contributed by atoms with E-state index in [1.165, 1.54) is 13.8 Å². The second-order valence-electron chi connectivity index (χ2n) is 5.00. The molecule has 1 N–H and O–H groups in total. The maximum Gasteiger partial charge on any atom is 0.126 e. The molecular formula is C15H24Na2O2. The van der Waals surface area contributed by atoms with Crippen molar-refractivity contribution in [3.8, 4) is 5.75 Å². The summed E-state index contributed by atoms with van der Waals surface area (Å²) in [5, 5.41) is 9.93. The van der Waals surface area contributed by atoms with Crippen LogP contribution in [0.4, 0.5) is 0 Å². The predicted octanol–water partition coefficient (Wildman–Crippen LogP) is 3.47. The smallest absolute Gasteiger partial charge is 0.126 e. The molecule has 0 bridgehead atoms. The van der Waals surface area contributed by atoms with E-state index in [9.17, 15) is 9.90 Å². The van der Waals surface area contributed by atoms with Gasteiger partial charge in [-0.25, -0.2) is 0 Å². The van der Waals surface area contributed by atoms with Crippen molar-refractivity contribution < 1.29 is 9.90 Å². The predicted molar refractivity (Wildman–Crippen MR) is 84.1 cm³/mol. The zero-order valence-corrected chi connectivity index (χ0v) is 17.7. The summed E-state index contributed by atoms with van der Waals surface area (Å²) in [5.41, 5.74) is 2.09. The summed E-state index contributed by atoms with van der Waals surface area (Å²) in [4.78, 5) is 9.44. The van der Waals surface area contributed by atoms with E-state index in [2.05, 4.69) is 27.7 Å². The third-order valence-electron chi connectivity index (χ3n) is 2.34. The Kier molecular flexibility index (Phi) is 16.2. The molecule has 0 saturated heterocycles. The first-order chi connectivity index (χ1) is 7.77. The molecule has 1 aromatic carbocycles. The Morgan fingerprint density at radius 1 is 0.947 bits per heavy atom. The summed E-state index contributed by atoms with van der Waals surface area (Å²) in [6.45, 7) is 11.4. The van der Waals surface area contributed by atoms with Crippen molar-refractivity contribution in [3.05, 3.63) is 29.3 Å². The summed E-state index contributed by atoms with van der Waals surface area (Å²) in [6, 6.07) is 6.00. The first-order valence-corrected chi connectivity index (χ1v) is 6.06. The summed E-state index contributed by atoms with van der Waals surface area (Å²) in [7, 11) is 0. The molecule has 98 valence electrons. The number of carbonyl (C=O) groups excluding carboxylic acids is 1. The van der Waals surface area contributed by atoms with Gasteiger partial charge in [0.25, 0.3) is 0 Å². The number of hydrogen-bond acceptors (Lipinski definition) is 2. The van der Waals surface area contributed by atoms with Gasteiger partial charge in [0.05, 0.1) is 0 Å². The number of rotatable bonds is 2. The van der Waals surface area contributed by atoms with Crippen LogP contribution in [-0.4, -0.2) is 70.0 Å². The topological polar surface area (TPSA) is 37.3 Å². The zero-order valence-electron chi connectivity index (χ0n) is 13.7. The zero-order chi connectivity index (χ0) is 13.6. The van der Waals surface area contributed by atoms with Gasteiger partial charge in [0.2, 0.25) is 0 Å². The largest absolute Gasteiger partial charge is 0.507 e. The van der Waals surface area contributed by atoms with Crippen LogP contribution in [0, 0.1) is 0 Å². The number of phenols is 1. The van der Waals surface area contributed by atoms with E-state index in [0.717, 1.165) is 11.1 Å². The molecule has 0 unspecified atom stereocenters. The van der Waals surface area contributed by atoms with Crippen LogP contribution >= 0.6 is 0 Å². The number of hydrogen-bond donors (Lipinski definition) is 1. The average Bonchev–Trinajstić information content (AvgIpc) is 2.15. The van der Waals surface area contributed by atoms with Crippen LogP contribution in [-0.2, 0) is 4.79 Å². The molecule has 0 aliphatic heterocycles. The van der Waals surface area contributed by atoms with Crippen molar-refractivity contribution in [2.45, 2.75) is 53.4 Å². The average molecular weight is 282 g/mol. The van der Waals surface area contributed by atoms with E-state index in [1.807, 2.05) is 18.2 Å². The molecule has 19 heavy (non-hydrogen) atoms. The molecule has 0 saturated carbocycles. The van der Waals surface area contributed by atoms with Crippen LogP contribution in [0.5, 0.6) is 5.75 Å². The maximum absolute atomic E-state index is 9.93. The number of phenolic OH excluding ortho intramolecular Hbond substituents is 1. The van der Waals surface area contributed by atoms with Crippen molar-refractivity contribution in [2.24, 2.45) is 0 Å². The third kappa shape index (κ3) is 10.1. The number of benzene rings is 1. The van der Waals surface area contributed by atoms with Crippen molar-refractivity contribution in [1.82, 2.24) is 0 Å². The quantitative estimate of drug-likeness (QED) is 0.843. The van der Waals surface area contributed by atoms with E-state index in [-0.39, 0.29) is 64.9 Å². The number of Topliss-reactive ketones (excluding diaryl/α,β-unsaturated/α-hetero) is 1. The maximum atomic E-state index is 9.93. The van der Waals surface area contributed by atoms with Gasteiger partial charge in [-0.05, 0) is 36.8 Å². The van der Waals surface area contributed by atoms with Gasteiger partial charge in [-0.2, -0.15) is 0 Å². The molecule has 1 aromatic rings. The fraction of sp³-hybridized carbons (Fsp3) is 0.533. The minimum absolute atomic E-state index is 0. The molecule has 0 aromatic heterocycles. The van der Waals surface area contributed by atoms with E-state index in [1.54, 1.807) is 0 Å². The molecular weight excluding hydrogens is 258 g/mol. The Labute approximate surface area is 162 Å². The molecule has 1 rings (SSSR count). The number of carbonyl (C=O) groups is 1. The van der Waals surface area contributed by atoms with Gasteiger partial charge < -0.3 is 9.90 Å². The number of para-hydroxylation sites is 1. The Morgan fingerprint density at radius 3 is 1.42 bits per heavy atom. The molecule has 0 atom stereocenters. The number of aromatic hydroxyl groups is 1. The fourth-order valence-electron chi connectivity index (χ4n) is 1.51. The first-order valence-electron chi connectivity index (χ1n) is 6.06. The Morgan fingerprint density at radius 2 is 1.21 bits per heavy atom. The Balaban J connectivity index is -0.000000379. The summed E-state index contributed by atoms with van der Waals surface area (Å²) >= 11 is 0. The molecule has 0 heterocycles. The normalized spacial score (nSPS) is 9.05. The second kappa shape index (κ2) is 12.4. The molecule has 0 amide bonds. The molecule has 2 nitrogen and oxygen atoms in total. The van der Waals surface area contributed by atoms with Gasteiger partial charge in [-0.1, -0.05) is 45.9 Å². The van der Waals surface area contributed by atoms with Crippen molar-refractivity contribution in [2.75, 3.05) is 0 Å². The van der Waals surface area contributed by atoms with Gasteiger partial charge in [0.1, 0.15) is 11.5 Å². The molecule has 2 radical (unpaired) electrons. The van der Waals surface area contributed by atoms with Crippen LogP contribution in [0.2, 0.25) is 0 Å². The van der Waals surface area contributed by atoms with Gasteiger partial charge in [-0.3, -0.25) is 0 Å². The van der Waals surface area contributed by atoms with Crippen molar-refractivity contribution in [1.29, 1.82) is 0 Å². The standard InChI is InChI=1S/C12H18O.C3H6O.2Na/c1-8(2)10-6-5-7-11(9(3)4)12(10)13;1-3(2)4;;/h5-9,13H,1-4H3;1-2H3;;. The first kappa shape index (κ1) is 24.7. The van der Waals surface area contributed by atoms with Crippen molar-refractivity contribution >= 4 is 64.9 Å².